The van der Waals surface area contributed by atoms with Crippen molar-refractivity contribution in [2.75, 3.05) is 19.6 Å². The highest BCUT2D eigenvalue weighted by molar-refractivity contribution is 7.89. The first kappa shape index (κ1) is 22.9. The van der Waals surface area contributed by atoms with Gasteiger partial charge in [0.2, 0.25) is 10.0 Å². The van der Waals surface area contributed by atoms with Gasteiger partial charge in [0.25, 0.3) is 5.91 Å². The van der Waals surface area contributed by atoms with Crippen LogP contribution in [0.5, 0.6) is 0 Å². The molecule has 31 heavy (non-hydrogen) atoms. The summed E-state index contributed by atoms with van der Waals surface area (Å²) in [6.45, 7) is 4.65. The maximum absolute atomic E-state index is 12.5. The van der Waals surface area contributed by atoms with E-state index in [-0.39, 0.29) is 10.8 Å². The van der Waals surface area contributed by atoms with Crippen molar-refractivity contribution in [1.29, 1.82) is 0 Å². The molecule has 0 aliphatic heterocycles. The van der Waals surface area contributed by atoms with Gasteiger partial charge in [-0.15, -0.1) is 0 Å². The molecule has 3 aromatic rings. The number of nitrogens with zero attached hydrogens (tertiary/aromatic N) is 1. The molecule has 1 amide bonds. The Labute approximate surface area is 183 Å². The Bertz CT molecular complexity index is 1130. The normalized spacial score (nSPS) is 12.8. The zero-order chi connectivity index (χ0) is 22.4. The number of aliphatic hydroxyl groups is 1. The van der Waals surface area contributed by atoms with Gasteiger partial charge in [0.05, 0.1) is 11.0 Å². The Morgan fingerprint density at radius 3 is 2.29 bits per heavy atom. The van der Waals surface area contributed by atoms with E-state index in [2.05, 4.69) is 5.32 Å². The number of nitrogens with one attached hydrogen (secondary N) is 1. The summed E-state index contributed by atoms with van der Waals surface area (Å²) in [7, 11) is -3.55. The lowest BCUT2D eigenvalue weighted by Crippen LogP contribution is -2.30. The number of fused-ring (bicyclic) bond motifs is 1. The van der Waals surface area contributed by atoms with Gasteiger partial charge < -0.3 is 10.4 Å². The van der Waals surface area contributed by atoms with Gasteiger partial charge in [-0.1, -0.05) is 56.3 Å². The van der Waals surface area contributed by atoms with Crippen LogP contribution in [0.2, 0.25) is 0 Å². The van der Waals surface area contributed by atoms with E-state index in [1.807, 2.05) is 42.5 Å². The highest BCUT2D eigenvalue weighted by Gasteiger charge is 2.21. The molecule has 0 aliphatic rings. The Kier molecular flexibility index (Phi) is 7.43. The number of amides is 1. The number of sulfonamides is 1. The molecule has 6 nitrogen and oxygen atoms in total. The van der Waals surface area contributed by atoms with Crippen LogP contribution in [0.1, 0.15) is 42.3 Å². The van der Waals surface area contributed by atoms with Gasteiger partial charge in [0, 0.05) is 25.2 Å². The summed E-state index contributed by atoms with van der Waals surface area (Å²) in [5.74, 6) is -0.308. The molecule has 3 aromatic carbocycles. The predicted octanol–water partition coefficient (Wildman–Crippen LogP) is 3.72. The number of carbonyl (C=O) groups is 1. The van der Waals surface area contributed by atoms with Crippen LogP contribution >= 0.6 is 0 Å². The minimum Gasteiger partial charge on any atom is -0.388 e. The molecule has 0 radical (unpaired) electrons. The van der Waals surface area contributed by atoms with Crippen LogP contribution in [0.3, 0.4) is 0 Å². The van der Waals surface area contributed by atoms with Crippen molar-refractivity contribution < 1.29 is 18.3 Å². The lowest BCUT2D eigenvalue weighted by molar-refractivity contribution is 0.0943. The number of carbonyl (C=O) groups excluding carboxylic acids is 1. The van der Waals surface area contributed by atoms with Gasteiger partial charge in [-0.25, -0.2) is 8.42 Å². The van der Waals surface area contributed by atoms with Crippen molar-refractivity contribution in [3.63, 3.8) is 0 Å². The zero-order valence-electron chi connectivity index (χ0n) is 17.8. The molecule has 2 N–H and O–H groups in total. The van der Waals surface area contributed by atoms with Crippen molar-refractivity contribution in [3.05, 3.63) is 77.9 Å². The number of hydrogen-bond donors (Lipinski definition) is 2. The van der Waals surface area contributed by atoms with Crippen LogP contribution in [0.4, 0.5) is 0 Å². The fourth-order valence-electron chi connectivity index (χ4n) is 3.61. The fourth-order valence-corrected chi connectivity index (χ4v) is 5.07. The molecule has 1 atom stereocenters. The average molecular weight is 441 g/mol. The topological polar surface area (TPSA) is 86.7 Å². The Hall–Kier alpha value is -2.74. The van der Waals surface area contributed by atoms with E-state index in [1.165, 1.54) is 28.6 Å². The van der Waals surface area contributed by atoms with E-state index in [0.717, 1.165) is 16.3 Å². The van der Waals surface area contributed by atoms with Crippen LogP contribution in [0, 0.1) is 0 Å². The molecular weight excluding hydrogens is 412 g/mol. The van der Waals surface area contributed by atoms with Crippen molar-refractivity contribution >= 4 is 26.7 Å². The largest absolute Gasteiger partial charge is 0.388 e. The molecule has 0 bridgehead atoms. The molecule has 0 saturated carbocycles. The van der Waals surface area contributed by atoms with E-state index < -0.39 is 16.1 Å². The quantitative estimate of drug-likeness (QED) is 0.531. The Morgan fingerprint density at radius 2 is 1.61 bits per heavy atom. The van der Waals surface area contributed by atoms with Gasteiger partial charge in [-0.3, -0.25) is 4.79 Å². The van der Waals surface area contributed by atoms with Crippen LogP contribution < -0.4 is 5.32 Å². The van der Waals surface area contributed by atoms with Crippen molar-refractivity contribution in [3.8, 4) is 0 Å². The number of hydrogen-bond acceptors (Lipinski definition) is 4. The zero-order valence-corrected chi connectivity index (χ0v) is 18.6. The molecule has 0 saturated heterocycles. The van der Waals surface area contributed by atoms with Crippen molar-refractivity contribution in [2.45, 2.75) is 31.3 Å². The average Bonchev–Trinajstić information content (AvgIpc) is 2.79. The summed E-state index contributed by atoms with van der Waals surface area (Å²) >= 11 is 0. The molecule has 0 heterocycles. The van der Waals surface area contributed by atoms with E-state index in [4.69, 9.17) is 0 Å². The van der Waals surface area contributed by atoms with E-state index in [1.54, 1.807) is 13.8 Å². The summed E-state index contributed by atoms with van der Waals surface area (Å²) in [6, 6.07) is 19.6. The van der Waals surface area contributed by atoms with Gasteiger partial charge in [-0.2, -0.15) is 4.31 Å². The lowest BCUT2D eigenvalue weighted by Gasteiger charge is -2.18. The number of rotatable bonds is 9. The predicted molar refractivity (Wildman–Crippen MR) is 122 cm³/mol. The van der Waals surface area contributed by atoms with Gasteiger partial charge in [-0.05, 0) is 47.0 Å². The molecule has 3 rings (SSSR count). The fraction of sp³-hybridized carbons (Fsp3) is 0.292. The van der Waals surface area contributed by atoms with Gasteiger partial charge in [0.1, 0.15) is 0 Å². The molecule has 0 aliphatic carbocycles. The molecule has 0 fully saturated rings. The standard InChI is InChI=1S/C24H28N2O4S/c1-3-26(4-2)31(29,30)20-14-12-19(13-15-20)24(28)25-17-16-23(27)22-11-7-9-18-8-5-6-10-21(18)22/h5-15,23,27H,3-4,16-17H2,1-2H3,(H,25,28). The summed E-state index contributed by atoms with van der Waals surface area (Å²) in [4.78, 5) is 12.6. The smallest absolute Gasteiger partial charge is 0.251 e. The van der Waals surface area contributed by atoms with Crippen LogP contribution in [-0.4, -0.2) is 43.4 Å². The molecule has 1 unspecified atom stereocenters. The second kappa shape index (κ2) is 10.0. The van der Waals surface area contributed by atoms with Crippen LogP contribution in [0.25, 0.3) is 10.8 Å². The second-order valence-electron chi connectivity index (χ2n) is 7.24. The molecular formula is C24H28N2O4S. The first-order chi connectivity index (χ1) is 14.9. The third kappa shape index (κ3) is 5.12. The summed E-state index contributed by atoms with van der Waals surface area (Å²) in [5.41, 5.74) is 1.21. The first-order valence-electron chi connectivity index (χ1n) is 10.4. The highest BCUT2D eigenvalue weighted by atomic mass is 32.2. The number of benzene rings is 3. The minimum atomic E-state index is -3.55. The molecule has 0 spiro atoms. The summed E-state index contributed by atoms with van der Waals surface area (Å²) < 4.78 is 26.5. The third-order valence-electron chi connectivity index (χ3n) is 5.35. The second-order valence-corrected chi connectivity index (χ2v) is 9.18. The molecule has 0 aromatic heterocycles. The number of aliphatic hydroxyl groups excluding tert-OH is 1. The maximum atomic E-state index is 12.5. The SMILES string of the molecule is CCN(CC)S(=O)(=O)c1ccc(C(=O)NCCC(O)c2cccc3ccccc23)cc1. The van der Waals surface area contributed by atoms with E-state index >= 15 is 0 Å². The molecule has 164 valence electrons. The van der Waals surface area contributed by atoms with Crippen LogP contribution in [-0.2, 0) is 10.0 Å². The van der Waals surface area contributed by atoms with Crippen molar-refractivity contribution in [2.24, 2.45) is 0 Å². The summed E-state index contributed by atoms with van der Waals surface area (Å²) in [6.07, 6.45) is -0.332. The van der Waals surface area contributed by atoms with Crippen LogP contribution in [0.15, 0.2) is 71.6 Å². The first-order valence-corrected chi connectivity index (χ1v) is 11.9. The maximum Gasteiger partial charge on any atom is 0.251 e. The highest BCUT2D eigenvalue weighted by Crippen LogP contribution is 2.26. The third-order valence-corrected chi connectivity index (χ3v) is 7.41. The molecule has 7 heteroatoms. The minimum absolute atomic E-state index is 0.166. The van der Waals surface area contributed by atoms with Gasteiger partial charge >= 0.3 is 0 Å². The lowest BCUT2D eigenvalue weighted by atomic mass is 9.99. The monoisotopic (exact) mass is 440 g/mol. The van der Waals surface area contributed by atoms with Crippen molar-refractivity contribution in [1.82, 2.24) is 9.62 Å². The van der Waals surface area contributed by atoms with E-state index in [9.17, 15) is 18.3 Å². The Morgan fingerprint density at radius 1 is 0.968 bits per heavy atom. The van der Waals surface area contributed by atoms with E-state index in [0.29, 0.717) is 31.6 Å². The summed E-state index contributed by atoms with van der Waals surface area (Å²) in [5, 5.41) is 15.4. The van der Waals surface area contributed by atoms with Gasteiger partial charge in [0.15, 0.2) is 0 Å². The Balaban J connectivity index is 1.61.